The number of hydrogen-bond acceptors (Lipinski definition) is 3. The second-order valence-electron chi connectivity index (χ2n) is 4.90. The average molecular weight is 276 g/mol. The molecule has 5 nitrogen and oxygen atoms in total. The second kappa shape index (κ2) is 6.93. The first-order valence-electron chi connectivity index (χ1n) is 6.89. The average Bonchev–Trinajstić information content (AvgIpc) is 2.48. The highest BCUT2D eigenvalue weighted by Gasteiger charge is 2.23. The summed E-state index contributed by atoms with van der Waals surface area (Å²) < 4.78 is 5.08. The Morgan fingerprint density at radius 2 is 2.15 bits per heavy atom. The van der Waals surface area contributed by atoms with Gasteiger partial charge in [-0.3, -0.25) is 9.59 Å². The maximum atomic E-state index is 11.8. The van der Waals surface area contributed by atoms with E-state index in [-0.39, 0.29) is 17.9 Å². The molecular formula is C15H20N2O3. The van der Waals surface area contributed by atoms with E-state index in [1.165, 1.54) is 0 Å². The Bertz CT molecular complexity index is 471. The van der Waals surface area contributed by atoms with Crippen molar-refractivity contribution < 1.29 is 14.3 Å². The molecule has 1 unspecified atom stereocenters. The minimum Gasteiger partial charge on any atom is -0.497 e. The maximum Gasteiger partial charge on any atom is 0.242 e. The molecule has 1 heterocycles. The molecule has 1 fully saturated rings. The normalized spacial score (nSPS) is 18.2. The van der Waals surface area contributed by atoms with Crippen molar-refractivity contribution in [3.05, 3.63) is 29.8 Å². The number of hydrogen-bond donors (Lipinski definition) is 2. The molecule has 2 amide bonds. The van der Waals surface area contributed by atoms with Crippen molar-refractivity contribution in [2.45, 2.75) is 31.7 Å². The summed E-state index contributed by atoms with van der Waals surface area (Å²) in [6.45, 7) is 0.705. The Kier molecular flexibility index (Phi) is 4.98. The molecule has 0 radical (unpaired) electrons. The number of nitrogens with one attached hydrogen (secondary N) is 2. The van der Waals surface area contributed by atoms with Crippen LogP contribution in [-0.4, -0.2) is 31.5 Å². The quantitative estimate of drug-likeness (QED) is 0.844. The van der Waals surface area contributed by atoms with Gasteiger partial charge in [-0.1, -0.05) is 12.1 Å². The predicted octanol–water partition coefficient (Wildman–Crippen LogP) is 1.02. The van der Waals surface area contributed by atoms with Crippen LogP contribution >= 0.6 is 0 Å². The highest BCUT2D eigenvalue weighted by atomic mass is 16.5. The first-order chi connectivity index (χ1) is 9.69. The van der Waals surface area contributed by atoms with E-state index < -0.39 is 0 Å². The van der Waals surface area contributed by atoms with Crippen molar-refractivity contribution in [2.24, 2.45) is 0 Å². The summed E-state index contributed by atoms with van der Waals surface area (Å²) >= 11 is 0. The minimum atomic E-state index is -0.368. The molecule has 20 heavy (non-hydrogen) atoms. The van der Waals surface area contributed by atoms with Crippen molar-refractivity contribution >= 4 is 11.8 Å². The fourth-order valence-corrected chi connectivity index (χ4v) is 2.23. The fourth-order valence-electron chi connectivity index (χ4n) is 2.23. The van der Waals surface area contributed by atoms with E-state index in [0.717, 1.165) is 24.2 Å². The van der Waals surface area contributed by atoms with Crippen LogP contribution < -0.4 is 15.4 Å². The third-order valence-electron chi connectivity index (χ3n) is 3.42. The van der Waals surface area contributed by atoms with Gasteiger partial charge in [-0.25, -0.2) is 0 Å². The third-order valence-corrected chi connectivity index (χ3v) is 3.42. The van der Waals surface area contributed by atoms with Crippen LogP contribution in [0, 0.1) is 0 Å². The number of carbonyl (C=O) groups excluding carboxylic acids is 2. The van der Waals surface area contributed by atoms with Crippen LogP contribution in [0.25, 0.3) is 0 Å². The van der Waals surface area contributed by atoms with Crippen molar-refractivity contribution in [2.75, 3.05) is 13.7 Å². The molecule has 0 aromatic heterocycles. The van der Waals surface area contributed by atoms with E-state index >= 15 is 0 Å². The van der Waals surface area contributed by atoms with E-state index in [0.29, 0.717) is 19.4 Å². The van der Waals surface area contributed by atoms with Gasteiger partial charge in [0.15, 0.2) is 0 Å². The molecule has 5 heteroatoms. The standard InChI is InChI=1S/C15H20N2O3/c1-20-12-7-4-11(5-8-12)6-9-14(18)17-13-3-2-10-16-15(13)19/h4-5,7-8,13H,2-3,6,9-10H2,1H3,(H,16,19)(H,17,18). The number of rotatable bonds is 5. The molecule has 1 atom stereocenters. The highest BCUT2D eigenvalue weighted by Crippen LogP contribution is 2.12. The van der Waals surface area contributed by atoms with Gasteiger partial charge in [0.1, 0.15) is 11.8 Å². The summed E-state index contributed by atoms with van der Waals surface area (Å²) in [6.07, 6.45) is 2.68. The minimum absolute atomic E-state index is 0.0750. The first-order valence-corrected chi connectivity index (χ1v) is 6.89. The van der Waals surface area contributed by atoms with Crippen LogP contribution in [-0.2, 0) is 16.0 Å². The Labute approximate surface area is 118 Å². The number of ether oxygens (including phenoxy) is 1. The topological polar surface area (TPSA) is 67.4 Å². The van der Waals surface area contributed by atoms with Gasteiger partial charge in [-0.2, -0.15) is 0 Å². The van der Waals surface area contributed by atoms with Crippen molar-refractivity contribution in [3.8, 4) is 5.75 Å². The van der Waals surface area contributed by atoms with Gasteiger partial charge in [-0.05, 0) is 37.0 Å². The number of methoxy groups -OCH3 is 1. The third kappa shape index (κ3) is 3.98. The second-order valence-corrected chi connectivity index (χ2v) is 4.90. The first kappa shape index (κ1) is 14.4. The van der Waals surface area contributed by atoms with Crippen LogP contribution in [0.4, 0.5) is 0 Å². The zero-order valence-corrected chi connectivity index (χ0v) is 11.6. The smallest absolute Gasteiger partial charge is 0.242 e. The molecule has 0 aliphatic carbocycles. The van der Waals surface area contributed by atoms with E-state index in [9.17, 15) is 9.59 Å². The summed E-state index contributed by atoms with van der Waals surface area (Å²) in [5.74, 6) is 0.647. The molecule has 1 saturated heterocycles. The summed E-state index contributed by atoms with van der Waals surface area (Å²) in [5.41, 5.74) is 1.08. The molecule has 1 aliphatic rings. The molecule has 1 aromatic carbocycles. The number of aryl methyl sites for hydroxylation is 1. The molecule has 0 saturated carbocycles. The zero-order valence-electron chi connectivity index (χ0n) is 11.6. The molecule has 1 aliphatic heterocycles. The van der Waals surface area contributed by atoms with E-state index in [1.807, 2.05) is 24.3 Å². The highest BCUT2D eigenvalue weighted by molar-refractivity contribution is 5.88. The lowest BCUT2D eigenvalue weighted by Crippen LogP contribution is -2.50. The Morgan fingerprint density at radius 1 is 1.40 bits per heavy atom. The van der Waals surface area contributed by atoms with E-state index in [1.54, 1.807) is 7.11 Å². The van der Waals surface area contributed by atoms with Gasteiger partial charge in [0.2, 0.25) is 11.8 Å². The largest absolute Gasteiger partial charge is 0.497 e. The number of carbonyl (C=O) groups is 2. The van der Waals surface area contributed by atoms with Crippen molar-refractivity contribution in [1.29, 1.82) is 0 Å². The van der Waals surface area contributed by atoms with Crippen molar-refractivity contribution in [3.63, 3.8) is 0 Å². The molecule has 108 valence electrons. The van der Waals surface area contributed by atoms with Crippen LogP contribution in [0.1, 0.15) is 24.8 Å². The van der Waals surface area contributed by atoms with E-state index in [2.05, 4.69) is 10.6 Å². The van der Waals surface area contributed by atoms with Gasteiger partial charge >= 0.3 is 0 Å². The molecule has 1 aromatic rings. The van der Waals surface area contributed by atoms with Crippen LogP contribution in [0.15, 0.2) is 24.3 Å². The van der Waals surface area contributed by atoms with Crippen LogP contribution in [0.3, 0.4) is 0 Å². The fraction of sp³-hybridized carbons (Fsp3) is 0.467. The SMILES string of the molecule is COc1ccc(CCC(=O)NC2CCCNC2=O)cc1. The molecule has 0 bridgehead atoms. The number of benzene rings is 1. The lowest BCUT2D eigenvalue weighted by atomic mass is 10.1. The Hall–Kier alpha value is -2.04. The summed E-state index contributed by atoms with van der Waals surface area (Å²) in [7, 11) is 1.62. The van der Waals surface area contributed by atoms with Crippen LogP contribution in [0.2, 0.25) is 0 Å². The lowest BCUT2D eigenvalue weighted by Gasteiger charge is -2.22. The van der Waals surface area contributed by atoms with E-state index in [4.69, 9.17) is 4.74 Å². The van der Waals surface area contributed by atoms with Gasteiger partial charge in [0.05, 0.1) is 7.11 Å². The van der Waals surface area contributed by atoms with Crippen molar-refractivity contribution in [1.82, 2.24) is 10.6 Å². The summed E-state index contributed by atoms with van der Waals surface area (Å²) in [4.78, 5) is 23.4. The van der Waals surface area contributed by atoms with Gasteiger partial charge in [0, 0.05) is 13.0 Å². The molecular weight excluding hydrogens is 256 g/mol. The van der Waals surface area contributed by atoms with Crippen LogP contribution in [0.5, 0.6) is 5.75 Å². The summed E-state index contributed by atoms with van der Waals surface area (Å²) in [5, 5.41) is 5.54. The predicted molar refractivity (Wildman–Crippen MR) is 75.5 cm³/mol. The lowest BCUT2D eigenvalue weighted by molar-refractivity contribution is -0.130. The Balaban J connectivity index is 1.77. The van der Waals surface area contributed by atoms with Gasteiger partial charge in [0.25, 0.3) is 0 Å². The Morgan fingerprint density at radius 3 is 2.80 bits per heavy atom. The molecule has 2 rings (SSSR count). The van der Waals surface area contributed by atoms with Gasteiger partial charge in [-0.15, -0.1) is 0 Å². The summed E-state index contributed by atoms with van der Waals surface area (Å²) in [6, 6.07) is 7.27. The monoisotopic (exact) mass is 276 g/mol. The van der Waals surface area contributed by atoms with Gasteiger partial charge < -0.3 is 15.4 Å². The molecule has 0 spiro atoms. The zero-order chi connectivity index (χ0) is 14.4. The molecule has 2 N–H and O–H groups in total. The number of piperidine rings is 1. The number of amides is 2. The maximum absolute atomic E-state index is 11.8.